The first-order valence-corrected chi connectivity index (χ1v) is 5.10. The maximum Gasteiger partial charge on any atom is 0.0949 e. The topological polar surface area (TPSA) is 21.3 Å². The third-order valence-corrected chi connectivity index (χ3v) is 3.02. The van der Waals surface area contributed by atoms with Gasteiger partial charge in [0.05, 0.1) is 16.2 Å². The van der Waals surface area contributed by atoms with Gasteiger partial charge < -0.3 is 9.50 Å². The fourth-order valence-corrected chi connectivity index (χ4v) is 1.92. The summed E-state index contributed by atoms with van der Waals surface area (Å²) < 4.78 is 5.67. The monoisotopic (exact) mass is 195 g/mol. The molecule has 1 N–H and O–H groups in total. The largest absolute Gasteiger partial charge is 0.381 e. The van der Waals surface area contributed by atoms with Crippen molar-refractivity contribution in [3.05, 3.63) is 24.3 Å². The highest BCUT2D eigenvalue weighted by Gasteiger charge is 2.23. The van der Waals surface area contributed by atoms with Gasteiger partial charge in [-0.25, -0.2) is 0 Å². The third kappa shape index (κ3) is 1.98. The molecule has 0 bridgehead atoms. The van der Waals surface area contributed by atoms with Crippen LogP contribution in [0, 0.1) is 0 Å². The first-order valence-electron chi connectivity index (χ1n) is 4.36. The minimum Gasteiger partial charge on any atom is -0.381 e. The van der Waals surface area contributed by atoms with E-state index in [4.69, 9.17) is 4.18 Å². The van der Waals surface area contributed by atoms with Gasteiger partial charge in [-0.3, -0.25) is 0 Å². The van der Waals surface area contributed by atoms with E-state index < -0.39 is 0 Å². The third-order valence-electron chi connectivity index (χ3n) is 1.95. The quantitative estimate of drug-likeness (QED) is 0.643. The lowest BCUT2D eigenvalue weighted by Crippen LogP contribution is -2.29. The molecule has 1 aromatic rings. The maximum atomic E-state index is 5.67. The summed E-state index contributed by atoms with van der Waals surface area (Å²) in [6.07, 6.45) is 0. The van der Waals surface area contributed by atoms with Crippen LogP contribution < -0.4 is 5.32 Å². The number of hydrogen-bond donors (Lipinski definition) is 1. The number of benzene rings is 1. The molecule has 0 atom stereocenters. The van der Waals surface area contributed by atoms with E-state index in [1.807, 2.05) is 12.1 Å². The van der Waals surface area contributed by atoms with Crippen LogP contribution in [0.5, 0.6) is 0 Å². The standard InChI is InChI=1S/C10H13NOS/c1-10(2)7-11-8-5-3-4-6-9(8)13-12-10/h3-6,11H,7H2,1-2H3. The van der Waals surface area contributed by atoms with E-state index in [1.165, 1.54) is 12.0 Å². The number of hydrogen-bond acceptors (Lipinski definition) is 3. The lowest BCUT2D eigenvalue weighted by molar-refractivity contribution is 0.158. The molecule has 1 heterocycles. The van der Waals surface area contributed by atoms with E-state index in [0.717, 1.165) is 17.1 Å². The highest BCUT2D eigenvalue weighted by Crippen LogP contribution is 2.34. The first-order chi connectivity index (χ1) is 6.17. The van der Waals surface area contributed by atoms with E-state index in [-0.39, 0.29) is 5.60 Å². The van der Waals surface area contributed by atoms with Crippen molar-refractivity contribution in [3.63, 3.8) is 0 Å². The Labute approximate surface area is 82.9 Å². The predicted molar refractivity (Wildman–Crippen MR) is 56.0 cm³/mol. The highest BCUT2D eigenvalue weighted by atomic mass is 32.2. The molecule has 2 nitrogen and oxygen atoms in total. The second kappa shape index (κ2) is 3.24. The van der Waals surface area contributed by atoms with E-state index in [9.17, 15) is 0 Å². The molecule has 1 aliphatic rings. The molecule has 1 aliphatic heterocycles. The summed E-state index contributed by atoms with van der Waals surface area (Å²) >= 11 is 1.45. The Bertz CT molecular complexity index is 283. The fraction of sp³-hybridized carbons (Fsp3) is 0.400. The lowest BCUT2D eigenvalue weighted by Gasteiger charge is -2.20. The molecule has 0 fully saturated rings. The number of anilines is 1. The summed E-state index contributed by atoms with van der Waals surface area (Å²) in [7, 11) is 0. The van der Waals surface area contributed by atoms with E-state index in [2.05, 4.69) is 31.3 Å². The van der Waals surface area contributed by atoms with E-state index >= 15 is 0 Å². The van der Waals surface area contributed by atoms with Crippen molar-refractivity contribution in [3.8, 4) is 0 Å². The summed E-state index contributed by atoms with van der Waals surface area (Å²) in [5.74, 6) is 0. The Hall–Kier alpha value is -0.670. The first kappa shape index (κ1) is 8.91. The Morgan fingerprint density at radius 1 is 1.38 bits per heavy atom. The zero-order valence-electron chi connectivity index (χ0n) is 7.83. The molecule has 0 aromatic heterocycles. The number of para-hydroxylation sites is 1. The van der Waals surface area contributed by atoms with Crippen LogP contribution in [-0.4, -0.2) is 12.1 Å². The number of fused-ring (bicyclic) bond motifs is 1. The summed E-state index contributed by atoms with van der Waals surface area (Å²) in [6, 6.07) is 8.20. The van der Waals surface area contributed by atoms with Gasteiger partial charge in [-0.1, -0.05) is 12.1 Å². The molecule has 0 saturated heterocycles. The van der Waals surface area contributed by atoms with E-state index in [0.29, 0.717) is 0 Å². The van der Waals surface area contributed by atoms with E-state index in [1.54, 1.807) is 0 Å². The van der Waals surface area contributed by atoms with Crippen LogP contribution in [-0.2, 0) is 4.18 Å². The summed E-state index contributed by atoms with van der Waals surface area (Å²) in [5, 5.41) is 3.37. The lowest BCUT2D eigenvalue weighted by atomic mass is 10.1. The smallest absolute Gasteiger partial charge is 0.0949 e. The van der Waals surface area contributed by atoms with Gasteiger partial charge in [0, 0.05) is 18.6 Å². The van der Waals surface area contributed by atoms with Gasteiger partial charge in [0.2, 0.25) is 0 Å². The van der Waals surface area contributed by atoms with Gasteiger partial charge in [-0.2, -0.15) is 0 Å². The number of rotatable bonds is 0. The Balaban J connectivity index is 2.27. The minimum absolute atomic E-state index is 0.107. The average molecular weight is 195 g/mol. The van der Waals surface area contributed by atoms with Crippen molar-refractivity contribution in [2.24, 2.45) is 0 Å². The zero-order chi connectivity index (χ0) is 9.31. The van der Waals surface area contributed by atoms with Gasteiger partial charge in [0.15, 0.2) is 0 Å². The molecule has 0 spiro atoms. The van der Waals surface area contributed by atoms with Gasteiger partial charge in [0.25, 0.3) is 0 Å². The molecule has 70 valence electrons. The zero-order valence-corrected chi connectivity index (χ0v) is 8.65. The van der Waals surface area contributed by atoms with Crippen LogP contribution in [0.3, 0.4) is 0 Å². The highest BCUT2D eigenvalue weighted by molar-refractivity contribution is 7.94. The molecule has 1 aromatic carbocycles. The fourth-order valence-electron chi connectivity index (χ4n) is 1.18. The molecule has 3 heteroatoms. The molecule has 0 radical (unpaired) electrons. The van der Waals surface area contributed by atoms with Crippen LogP contribution in [0.2, 0.25) is 0 Å². The minimum atomic E-state index is -0.107. The van der Waals surface area contributed by atoms with Crippen molar-refractivity contribution in [2.45, 2.75) is 24.3 Å². The maximum absolute atomic E-state index is 5.67. The molecule has 0 saturated carbocycles. The molecule has 0 aliphatic carbocycles. The van der Waals surface area contributed by atoms with Crippen LogP contribution in [0.1, 0.15) is 13.8 Å². The van der Waals surface area contributed by atoms with Crippen LogP contribution in [0.25, 0.3) is 0 Å². The molecule has 0 unspecified atom stereocenters. The molecule has 2 rings (SSSR count). The predicted octanol–water partition coefficient (Wildman–Crippen LogP) is 2.91. The normalized spacial score (nSPS) is 19.8. The molecule has 0 amide bonds. The van der Waals surface area contributed by atoms with Crippen molar-refractivity contribution >= 4 is 17.7 Å². The van der Waals surface area contributed by atoms with Gasteiger partial charge in [-0.15, -0.1) is 0 Å². The Kier molecular flexibility index (Phi) is 2.22. The van der Waals surface area contributed by atoms with Crippen LogP contribution in [0.4, 0.5) is 5.69 Å². The van der Waals surface area contributed by atoms with Gasteiger partial charge >= 0.3 is 0 Å². The van der Waals surface area contributed by atoms with Crippen LogP contribution in [0.15, 0.2) is 29.2 Å². The summed E-state index contributed by atoms with van der Waals surface area (Å²) in [6.45, 7) is 5.01. The van der Waals surface area contributed by atoms with Gasteiger partial charge in [0.1, 0.15) is 0 Å². The molecular weight excluding hydrogens is 182 g/mol. The molecule has 13 heavy (non-hydrogen) atoms. The van der Waals surface area contributed by atoms with Crippen molar-refractivity contribution in [2.75, 3.05) is 11.9 Å². The summed E-state index contributed by atoms with van der Waals surface area (Å²) in [5.41, 5.74) is 1.06. The van der Waals surface area contributed by atoms with Crippen molar-refractivity contribution in [1.29, 1.82) is 0 Å². The van der Waals surface area contributed by atoms with Gasteiger partial charge in [-0.05, 0) is 26.0 Å². The Morgan fingerprint density at radius 2 is 2.15 bits per heavy atom. The summed E-state index contributed by atoms with van der Waals surface area (Å²) in [4.78, 5) is 1.16. The SMILES string of the molecule is CC1(C)CNc2ccccc2SO1. The second-order valence-corrected chi connectivity index (χ2v) is 4.55. The molecular formula is C10H13NOS. The van der Waals surface area contributed by atoms with Crippen molar-refractivity contribution < 1.29 is 4.18 Å². The second-order valence-electron chi connectivity index (χ2n) is 3.78. The van der Waals surface area contributed by atoms with Crippen molar-refractivity contribution in [1.82, 2.24) is 0 Å². The number of nitrogens with one attached hydrogen (secondary N) is 1. The average Bonchev–Trinajstić information content (AvgIpc) is 2.27. The Morgan fingerprint density at radius 3 is 3.00 bits per heavy atom. The van der Waals surface area contributed by atoms with Crippen LogP contribution >= 0.6 is 12.0 Å².